The Balaban J connectivity index is 2.19. The third kappa shape index (κ3) is 3.90. The highest BCUT2D eigenvalue weighted by atomic mass is 32.2. The van der Waals surface area contributed by atoms with E-state index in [2.05, 4.69) is 14.8 Å². The minimum absolute atomic E-state index is 0.0341. The minimum atomic E-state index is -3.76. The minimum Gasteiger partial charge on any atom is -0.465 e. The van der Waals surface area contributed by atoms with E-state index in [0.29, 0.717) is 0 Å². The van der Waals surface area contributed by atoms with Gasteiger partial charge in [-0.1, -0.05) is 23.8 Å². The zero-order valence-corrected chi connectivity index (χ0v) is 12.6. The molecule has 0 aromatic heterocycles. The van der Waals surface area contributed by atoms with Crippen LogP contribution in [0.15, 0.2) is 40.8 Å². The van der Waals surface area contributed by atoms with Crippen molar-refractivity contribution in [2.45, 2.75) is 11.3 Å². The molecule has 0 unspecified atom stereocenters. The van der Waals surface area contributed by atoms with Gasteiger partial charge in [0.25, 0.3) is 0 Å². The Hall–Kier alpha value is -1.70. The summed E-state index contributed by atoms with van der Waals surface area (Å²) < 4.78 is 31.9. The standard InChI is InChI=1S/C14H18N2O4S/c1-20-14(17)12-4-2-3-5-13(12)21(18,19)16-10-11-6-8-15-9-7-11/h2-6,15-16H,7-10H2,1H3. The van der Waals surface area contributed by atoms with E-state index in [4.69, 9.17) is 0 Å². The van der Waals surface area contributed by atoms with Crippen LogP contribution in [0.5, 0.6) is 0 Å². The van der Waals surface area contributed by atoms with E-state index in [1.54, 1.807) is 12.1 Å². The maximum atomic E-state index is 12.4. The van der Waals surface area contributed by atoms with E-state index in [1.807, 2.05) is 6.08 Å². The molecule has 0 bridgehead atoms. The first-order valence-corrected chi connectivity index (χ1v) is 8.08. The fraction of sp³-hybridized carbons (Fsp3) is 0.357. The molecule has 0 radical (unpaired) electrons. The molecule has 6 nitrogen and oxygen atoms in total. The topological polar surface area (TPSA) is 84.5 Å². The highest BCUT2D eigenvalue weighted by Crippen LogP contribution is 2.16. The molecule has 0 amide bonds. The van der Waals surface area contributed by atoms with Crippen molar-refractivity contribution < 1.29 is 17.9 Å². The normalized spacial score (nSPS) is 15.4. The molecular weight excluding hydrogens is 292 g/mol. The summed E-state index contributed by atoms with van der Waals surface area (Å²) in [4.78, 5) is 11.6. The number of ether oxygens (including phenoxy) is 1. The van der Waals surface area contributed by atoms with Crippen molar-refractivity contribution in [1.29, 1.82) is 0 Å². The fourth-order valence-electron chi connectivity index (χ4n) is 2.08. The van der Waals surface area contributed by atoms with Crippen LogP contribution in [0, 0.1) is 0 Å². The first kappa shape index (κ1) is 15.7. The number of hydrogen-bond acceptors (Lipinski definition) is 5. The van der Waals surface area contributed by atoms with Crippen molar-refractivity contribution in [2.24, 2.45) is 0 Å². The smallest absolute Gasteiger partial charge is 0.339 e. The lowest BCUT2D eigenvalue weighted by Crippen LogP contribution is -2.30. The van der Waals surface area contributed by atoms with Crippen LogP contribution in [0.2, 0.25) is 0 Å². The number of carbonyl (C=O) groups is 1. The molecule has 0 spiro atoms. The number of hydrogen-bond donors (Lipinski definition) is 2. The predicted octanol–water partition coefficient (Wildman–Crippen LogP) is 0.671. The summed E-state index contributed by atoms with van der Waals surface area (Å²) in [5.74, 6) is -0.669. The van der Waals surface area contributed by atoms with Crippen LogP contribution in [0.3, 0.4) is 0 Å². The number of sulfonamides is 1. The molecule has 1 aliphatic rings. The van der Waals surface area contributed by atoms with Crippen molar-refractivity contribution in [3.05, 3.63) is 41.5 Å². The van der Waals surface area contributed by atoms with E-state index in [0.717, 1.165) is 25.1 Å². The molecule has 1 heterocycles. The molecule has 0 fully saturated rings. The third-order valence-corrected chi connectivity index (χ3v) is 4.69. The van der Waals surface area contributed by atoms with Gasteiger partial charge in [-0.05, 0) is 25.1 Å². The van der Waals surface area contributed by atoms with Crippen LogP contribution in [0.4, 0.5) is 0 Å². The number of carbonyl (C=O) groups excluding carboxylic acids is 1. The van der Waals surface area contributed by atoms with Gasteiger partial charge in [-0.15, -0.1) is 0 Å². The van der Waals surface area contributed by atoms with Gasteiger partial charge in [0.15, 0.2) is 0 Å². The number of rotatable bonds is 5. The molecular formula is C14H18N2O4S. The second kappa shape index (κ2) is 6.84. The Bertz CT molecular complexity index is 653. The Morgan fingerprint density at radius 2 is 2.14 bits per heavy atom. The van der Waals surface area contributed by atoms with Gasteiger partial charge < -0.3 is 10.1 Å². The van der Waals surface area contributed by atoms with Crippen LogP contribution in [-0.2, 0) is 14.8 Å². The average Bonchev–Trinajstić information content (AvgIpc) is 2.53. The van der Waals surface area contributed by atoms with Crippen LogP contribution in [-0.4, -0.2) is 41.1 Å². The molecule has 114 valence electrons. The second-order valence-corrected chi connectivity index (χ2v) is 6.36. The van der Waals surface area contributed by atoms with Gasteiger partial charge in [0.1, 0.15) is 0 Å². The molecule has 1 aromatic rings. The average molecular weight is 310 g/mol. The van der Waals surface area contributed by atoms with Crippen LogP contribution >= 0.6 is 0 Å². The monoisotopic (exact) mass is 310 g/mol. The van der Waals surface area contributed by atoms with E-state index in [-0.39, 0.29) is 17.0 Å². The molecule has 0 saturated heterocycles. The van der Waals surface area contributed by atoms with Crippen molar-refractivity contribution in [3.63, 3.8) is 0 Å². The quantitative estimate of drug-likeness (QED) is 0.617. The van der Waals surface area contributed by atoms with Crippen molar-refractivity contribution >= 4 is 16.0 Å². The Labute approximate surface area is 124 Å². The van der Waals surface area contributed by atoms with Crippen molar-refractivity contribution in [2.75, 3.05) is 26.7 Å². The van der Waals surface area contributed by atoms with Crippen LogP contribution in [0.25, 0.3) is 0 Å². The van der Waals surface area contributed by atoms with Gasteiger partial charge in [-0.2, -0.15) is 0 Å². The number of esters is 1. The lowest BCUT2D eigenvalue weighted by atomic mass is 10.1. The fourth-order valence-corrected chi connectivity index (χ4v) is 3.30. The maximum absolute atomic E-state index is 12.4. The maximum Gasteiger partial charge on any atom is 0.339 e. The molecule has 7 heteroatoms. The van der Waals surface area contributed by atoms with Crippen LogP contribution < -0.4 is 10.0 Å². The largest absolute Gasteiger partial charge is 0.465 e. The van der Waals surface area contributed by atoms with E-state index < -0.39 is 16.0 Å². The Kier molecular flexibility index (Phi) is 5.11. The molecule has 2 rings (SSSR count). The molecule has 21 heavy (non-hydrogen) atoms. The van der Waals surface area contributed by atoms with E-state index in [9.17, 15) is 13.2 Å². The molecule has 2 N–H and O–H groups in total. The summed E-state index contributed by atoms with van der Waals surface area (Å²) in [7, 11) is -2.54. The zero-order valence-electron chi connectivity index (χ0n) is 11.8. The van der Waals surface area contributed by atoms with Gasteiger partial charge in [-0.3, -0.25) is 0 Å². The van der Waals surface area contributed by atoms with Crippen LogP contribution in [0.1, 0.15) is 16.8 Å². The lowest BCUT2D eigenvalue weighted by Gasteiger charge is -2.15. The van der Waals surface area contributed by atoms with Gasteiger partial charge in [-0.25, -0.2) is 17.9 Å². The summed E-state index contributed by atoms with van der Waals surface area (Å²) in [5, 5.41) is 3.16. The summed E-state index contributed by atoms with van der Waals surface area (Å²) in [5.41, 5.74) is 1.07. The number of benzene rings is 1. The molecule has 0 atom stereocenters. The number of methoxy groups -OCH3 is 1. The van der Waals surface area contributed by atoms with Crippen molar-refractivity contribution in [3.8, 4) is 0 Å². The van der Waals surface area contributed by atoms with Crippen molar-refractivity contribution in [1.82, 2.24) is 10.0 Å². The summed E-state index contributed by atoms with van der Waals surface area (Å²) in [6, 6.07) is 6.00. The van der Waals surface area contributed by atoms with Gasteiger partial charge in [0, 0.05) is 13.1 Å². The second-order valence-electron chi connectivity index (χ2n) is 4.63. The summed E-state index contributed by atoms with van der Waals surface area (Å²) >= 11 is 0. The van der Waals surface area contributed by atoms with E-state index in [1.165, 1.54) is 19.2 Å². The first-order valence-electron chi connectivity index (χ1n) is 6.60. The summed E-state index contributed by atoms with van der Waals surface area (Å²) in [6.07, 6.45) is 2.78. The van der Waals surface area contributed by atoms with Gasteiger partial charge >= 0.3 is 5.97 Å². The number of nitrogens with one attached hydrogen (secondary N) is 2. The molecule has 1 aliphatic heterocycles. The molecule has 1 aromatic carbocycles. The van der Waals surface area contributed by atoms with Gasteiger partial charge in [0.05, 0.1) is 17.6 Å². The lowest BCUT2D eigenvalue weighted by molar-refractivity contribution is 0.0596. The molecule has 0 aliphatic carbocycles. The third-order valence-electron chi connectivity index (χ3n) is 3.23. The summed E-state index contributed by atoms with van der Waals surface area (Å²) in [6.45, 7) is 1.83. The Morgan fingerprint density at radius 3 is 2.81 bits per heavy atom. The SMILES string of the molecule is COC(=O)c1ccccc1S(=O)(=O)NCC1=CCNCC1. The van der Waals surface area contributed by atoms with E-state index >= 15 is 0 Å². The van der Waals surface area contributed by atoms with Gasteiger partial charge in [0.2, 0.25) is 10.0 Å². The Morgan fingerprint density at radius 1 is 1.38 bits per heavy atom. The highest BCUT2D eigenvalue weighted by molar-refractivity contribution is 7.89. The molecule has 0 saturated carbocycles. The predicted molar refractivity (Wildman–Crippen MR) is 78.5 cm³/mol. The zero-order chi connectivity index (χ0) is 15.3. The highest BCUT2D eigenvalue weighted by Gasteiger charge is 2.22. The first-order chi connectivity index (χ1) is 10.0.